The highest BCUT2D eigenvalue weighted by Gasteiger charge is 2.22. The van der Waals surface area contributed by atoms with Crippen LogP contribution in [0.25, 0.3) is 26.4 Å². The molecule has 0 aliphatic carbocycles. The highest BCUT2D eigenvalue weighted by atomic mass is 32.1. The number of imidazole rings is 1. The minimum absolute atomic E-state index is 0.534. The van der Waals surface area contributed by atoms with Crippen molar-refractivity contribution in [3.05, 3.63) is 29.7 Å². The predicted molar refractivity (Wildman–Crippen MR) is 107 cm³/mol. The molecule has 27 heavy (non-hydrogen) atoms. The summed E-state index contributed by atoms with van der Waals surface area (Å²) in [4.78, 5) is 5.80. The second-order valence-electron chi connectivity index (χ2n) is 7.15. The maximum Gasteiger partial charge on any atom is 0.212 e. The third-order valence-electron chi connectivity index (χ3n) is 5.35. The van der Waals surface area contributed by atoms with E-state index < -0.39 is 0 Å². The third-order valence-corrected chi connectivity index (χ3v) is 6.31. The number of hydrogen-bond donors (Lipinski definition) is 1. The Balaban J connectivity index is 1.59. The number of methoxy groups -OCH3 is 1. The third kappa shape index (κ3) is 2.71. The van der Waals surface area contributed by atoms with Gasteiger partial charge in [-0.1, -0.05) is 11.3 Å². The van der Waals surface area contributed by atoms with Crippen molar-refractivity contribution in [3.63, 3.8) is 0 Å². The lowest BCUT2D eigenvalue weighted by Gasteiger charge is -2.20. The Labute approximate surface area is 161 Å². The van der Waals surface area contributed by atoms with Crippen LogP contribution in [0.15, 0.2) is 18.5 Å². The zero-order valence-electron chi connectivity index (χ0n) is 15.7. The fourth-order valence-electron chi connectivity index (χ4n) is 4.00. The molecule has 4 heterocycles. The fraction of sp³-hybridized carbons (Fsp3) is 0.421. The van der Waals surface area contributed by atoms with Gasteiger partial charge in [-0.25, -0.2) is 9.50 Å². The second-order valence-corrected chi connectivity index (χ2v) is 8.10. The van der Waals surface area contributed by atoms with E-state index in [4.69, 9.17) is 14.8 Å². The van der Waals surface area contributed by atoms with Gasteiger partial charge < -0.3 is 10.1 Å². The standard InChI is InChI=1S/C19H22N6OS/c1-11-16-13(9-24(2)22-16)8-14(17(11)26-3)18-23-25-10-15(21-19(25)27-18)12-4-6-20-7-5-12/h8-10,12,20H,4-7H2,1-3H3. The summed E-state index contributed by atoms with van der Waals surface area (Å²) in [7, 11) is 3.64. The molecule has 4 aromatic rings. The van der Waals surface area contributed by atoms with Gasteiger partial charge in [0.25, 0.3) is 0 Å². The first kappa shape index (κ1) is 16.7. The maximum atomic E-state index is 5.72. The first-order chi connectivity index (χ1) is 13.1. The summed E-state index contributed by atoms with van der Waals surface area (Å²) in [5, 5.41) is 14.8. The Bertz CT molecular complexity index is 1100. The summed E-state index contributed by atoms with van der Waals surface area (Å²) in [5.74, 6) is 1.36. The molecule has 0 amide bonds. The van der Waals surface area contributed by atoms with Crippen molar-refractivity contribution in [1.29, 1.82) is 0 Å². The number of rotatable bonds is 3. The van der Waals surface area contributed by atoms with Crippen LogP contribution in [0.4, 0.5) is 0 Å². The van der Waals surface area contributed by atoms with Crippen molar-refractivity contribution in [2.24, 2.45) is 7.05 Å². The largest absolute Gasteiger partial charge is 0.496 e. The first-order valence-corrected chi connectivity index (χ1v) is 10.0. The number of hydrogen-bond acceptors (Lipinski definition) is 6. The highest BCUT2D eigenvalue weighted by Crippen LogP contribution is 2.39. The maximum absolute atomic E-state index is 5.72. The molecule has 7 nitrogen and oxygen atoms in total. The van der Waals surface area contributed by atoms with Crippen molar-refractivity contribution >= 4 is 27.2 Å². The first-order valence-electron chi connectivity index (χ1n) is 9.22. The summed E-state index contributed by atoms with van der Waals surface area (Å²) >= 11 is 1.61. The summed E-state index contributed by atoms with van der Waals surface area (Å²) < 4.78 is 9.47. The van der Waals surface area contributed by atoms with Crippen molar-refractivity contribution in [1.82, 2.24) is 29.7 Å². The van der Waals surface area contributed by atoms with Crippen LogP contribution in [0.2, 0.25) is 0 Å². The number of ether oxygens (including phenoxy) is 1. The molecule has 1 aliphatic heterocycles. The number of nitrogens with zero attached hydrogens (tertiary/aromatic N) is 5. The topological polar surface area (TPSA) is 69.3 Å². The van der Waals surface area contributed by atoms with Crippen LogP contribution in [0.3, 0.4) is 0 Å². The van der Waals surface area contributed by atoms with Crippen molar-refractivity contribution in [2.45, 2.75) is 25.7 Å². The van der Waals surface area contributed by atoms with Gasteiger partial charge in [0, 0.05) is 30.1 Å². The van der Waals surface area contributed by atoms with Crippen molar-refractivity contribution < 1.29 is 4.74 Å². The van der Waals surface area contributed by atoms with E-state index in [0.717, 1.165) is 69.4 Å². The van der Waals surface area contributed by atoms with Crippen LogP contribution in [-0.4, -0.2) is 44.6 Å². The molecule has 0 bridgehead atoms. The zero-order valence-corrected chi connectivity index (χ0v) is 16.5. The molecule has 140 valence electrons. The van der Waals surface area contributed by atoms with Gasteiger partial charge in [0.1, 0.15) is 5.75 Å². The Kier molecular flexibility index (Phi) is 3.91. The van der Waals surface area contributed by atoms with Crippen molar-refractivity contribution in [2.75, 3.05) is 20.2 Å². The molecule has 1 aromatic carbocycles. The molecule has 1 aliphatic rings. The Morgan fingerprint density at radius 3 is 2.78 bits per heavy atom. The second kappa shape index (κ2) is 6.31. The van der Waals surface area contributed by atoms with E-state index in [1.54, 1.807) is 18.4 Å². The van der Waals surface area contributed by atoms with Crippen LogP contribution < -0.4 is 10.1 Å². The van der Waals surface area contributed by atoms with Gasteiger partial charge in [-0.3, -0.25) is 4.68 Å². The molecule has 0 atom stereocenters. The smallest absolute Gasteiger partial charge is 0.212 e. The Morgan fingerprint density at radius 1 is 1.22 bits per heavy atom. The summed E-state index contributed by atoms with van der Waals surface area (Å²) in [6.45, 7) is 4.18. The number of piperidine rings is 1. The lowest BCUT2D eigenvalue weighted by molar-refractivity contribution is 0.414. The van der Waals surface area contributed by atoms with Crippen molar-refractivity contribution in [3.8, 4) is 16.3 Å². The van der Waals surface area contributed by atoms with E-state index in [0.29, 0.717) is 5.92 Å². The quantitative estimate of drug-likeness (QED) is 0.590. The summed E-state index contributed by atoms with van der Waals surface area (Å²) in [6, 6.07) is 2.11. The van der Waals surface area contributed by atoms with E-state index in [9.17, 15) is 0 Å². The van der Waals surface area contributed by atoms with Gasteiger partial charge in [0.05, 0.1) is 30.1 Å². The zero-order chi connectivity index (χ0) is 18.5. The van der Waals surface area contributed by atoms with E-state index in [2.05, 4.69) is 22.7 Å². The van der Waals surface area contributed by atoms with Gasteiger partial charge in [0.15, 0.2) is 5.01 Å². The van der Waals surface area contributed by atoms with Gasteiger partial charge in [-0.05, 0) is 38.9 Å². The Morgan fingerprint density at radius 2 is 2.04 bits per heavy atom. The molecule has 8 heteroatoms. The van der Waals surface area contributed by atoms with E-state index in [-0.39, 0.29) is 0 Å². The number of aryl methyl sites for hydroxylation is 2. The molecule has 0 spiro atoms. The SMILES string of the molecule is COc1c(-c2nn3cc(C4CCNCC4)nc3s2)cc2cn(C)nc2c1C. The summed E-state index contributed by atoms with van der Waals surface area (Å²) in [6.07, 6.45) is 6.40. The number of aromatic nitrogens is 5. The van der Waals surface area contributed by atoms with Gasteiger partial charge in [-0.15, -0.1) is 0 Å². The fourth-order valence-corrected chi connectivity index (χ4v) is 4.90. The normalized spacial score (nSPS) is 15.8. The molecule has 1 fully saturated rings. The number of nitrogens with one attached hydrogen (secondary N) is 1. The Hall–Kier alpha value is -2.45. The van der Waals surface area contributed by atoms with Crippen LogP contribution in [0.1, 0.15) is 30.0 Å². The molecular formula is C19H22N6OS. The molecule has 5 rings (SSSR count). The monoisotopic (exact) mass is 382 g/mol. The molecule has 1 saturated heterocycles. The molecule has 1 N–H and O–H groups in total. The van der Waals surface area contributed by atoms with Gasteiger partial charge >= 0.3 is 0 Å². The van der Waals surface area contributed by atoms with Crippen LogP contribution in [-0.2, 0) is 7.05 Å². The van der Waals surface area contributed by atoms with Crippen LogP contribution >= 0.6 is 11.3 Å². The molecule has 0 saturated carbocycles. The number of fused-ring (bicyclic) bond motifs is 2. The molecule has 0 unspecified atom stereocenters. The van der Waals surface area contributed by atoms with Gasteiger partial charge in [-0.2, -0.15) is 10.2 Å². The van der Waals surface area contributed by atoms with E-state index >= 15 is 0 Å². The minimum Gasteiger partial charge on any atom is -0.496 e. The molecular weight excluding hydrogens is 360 g/mol. The molecule has 0 radical (unpaired) electrons. The average Bonchev–Trinajstić information content (AvgIpc) is 3.34. The summed E-state index contributed by atoms with van der Waals surface area (Å²) in [5.41, 5.74) is 4.16. The minimum atomic E-state index is 0.534. The highest BCUT2D eigenvalue weighted by molar-refractivity contribution is 7.19. The number of benzene rings is 1. The van der Waals surface area contributed by atoms with E-state index in [1.807, 2.05) is 29.4 Å². The van der Waals surface area contributed by atoms with Gasteiger partial charge in [0.2, 0.25) is 4.96 Å². The van der Waals surface area contributed by atoms with Crippen LogP contribution in [0, 0.1) is 6.92 Å². The lowest BCUT2D eigenvalue weighted by atomic mass is 9.95. The van der Waals surface area contributed by atoms with Crippen LogP contribution in [0.5, 0.6) is 5.75 Å². The lowest BCUT2D eigenvalue weighted by Crippen LogP contribution is -2.26. The van der Waals surface area contributed by atoms with E-state index in [1.165, 1.54) is 0 Å². The predicted octanol–water partition coefficient (Wildman–Crippen LogP) is 3.13. The molecule has 3 aromatic heterocycles. The average molecular weight is 382 g/mol.